The first-order valence-corrected chi connectivity index (χ1v) is 5.79. The Morgan fingerprint density at radius 3 is 2.68 bits per heavy atom. The number of hydrogen-bond acceptors (Lipinski definition) is 4. The lowest BCUT2D eigenvalue weighted by Gasteiger charge is -2.28. The Balaban J connectivity index is 3.28. The predicted octanol–water partition coefficient (Wildman–Crippen LogP) is 2.42. The first kappa shape index (κ1) is 14.9. The van der Waals surface area contributed by atoms with Crippen LogP contribution in [-0.2, 0) is 4.79 Å². The van der Waals surface area contributed by atoms with Gasteiger partial charge in [-0.2, -0.15) is 0 Å². The van der Waals surface area contributed by atoms with E-state index in [2.05, 4.69) is 0 Å². The van der Waals surface area contributed by atoms with Crippen molar-refractivity contribution in [3.63, 3.8) is 0 Å². The van der Waals surface area contributed by atoms with Crippen molar-refractivity contribution in [2.24, 2.45) is 0 Å². The minimum atomic E-state index is -1.10. The van der Waals surface area contributed by atoms with E-state index in [1.54, 1.807) is 6.92 Å². The highest BCUT2D eigenvalue weighted by Gasteiger charge is 2.24. The molecule has 0 spiro atoms. The standard InChI is InChI=1S/C12H15FN2O4/c1-3-8(2)14(7-12(16)17)10-5-4-9(13)6-11(10)15(18)19/h4-6,8H,3,7H2,1-2H3,(H,16,17). The Morgan fingerprint density at radius 1 is 1.58 bits per heavy atom. The van der Waals surface area contributed by atoms with Gasteiger partial charge in [0.2, 0.25) is 0 Å². The summed E-state index contributed by atoms with van der Waals surface area (Å²) in [5.74, 6) is -1.83. The SMILES string of the molecule is CCC(C)N(CC(=O)O)c1ccc(F)cc1[N+](=O)[O-]. The molecule has 6 nitrogen and oxygen atoms in total. The van der Waals surface area contributed by atoms with Gasteiger partial charge in [-0.3, -0.25) is 14.9 Å². The zero-order chi connectivity index (χ0) is 14.6. The summed E-state index contributed by atoms with van der Waals surface area (Å²) in [6.07, 6.45) is 0.613. The number of rotatable bonds is 6. The number of carboxylic acid groups (broad SMARTS) is 1. The van der Waals surface area contributed by atoms with Crippen LogP contribution >= 0.6 is 0 Å². The van der Waals surface area contributed by atoms with Gasteiger partial charge >= 0.3 is 5.97 Å². The molecule has 1 aromatic rings. The zero-order valence-electron chi connectivity index (χ0n) is 10.7. The van der Waals surface area contributed by atoms with Crippen LogP contribution in [0.2, 0.25) is 0 Å². The fraction of sp³-hybridized carbons (Fsp3) is 0.417. The molecule has 1 rings (SSSR count). The van der Waals surface area contributed by atoms with E-state index in [1.807, 2.05) is 6.92 Å². The van der Waals surface area contributed by atoms with Gasteiger partial charge in [-0.05, 0) is 25.5 Å². The quantitative estimate of drug-likeness (QED) is 0.634. The average Bonchev–Trinajstić information content (AvgIpc) is 2.35. The molecule has 0 fully saturated rings. The molecule has 0 bridgehead atoms. The predicted molar refractivity (Wildman–Crippen MR) is 67.8 cm³/mol. The number of halogens is 1. The zero-order valence-corrected chi connectivity index (χ0v) is 10.7. The number of hydrogen-bond donors (Lipinski definition) is 1. The van der Waals surface area contributed by atoms with Crippen molar-refractivity contribution in [2.75, 3.05) is 11.4 Å². The maximum atomic E-state index is 13.1. The molecule has 0 saturated heterocycles. The highest BCUT2D eigenvalue weighted by molar-refractivity contribution is 5.76. The number of aliphatic carboxylic acids is 1. The molecule has 7 heteroatoms. The van der Waals surface area contributed by atoms with E-state index in [0.717, 1.165) is 12.1 Å². The van der Waals surface area contributed by atoms with Crippen LogP contribution in [0.25, 0.3) is 0 Å². The van der Waals surface area contributed by atoms with Crippen LogP contribution in [0.3, 0.4) is 0 Å². The summed E-state index contributed by atoms with van der Waals surface area (Å²) in [7, 11) is 0. The first-order chi connectivity index (χ1) is 8.86. The molecule has 0 radical (unpaired) electrons. The van der Waals surface area contributed by atoms with Crippen molar-refractivity contribution >= 4 is 17.3 Å². The fourth-order valence-corrected chi connectivity index (χ4v) is 1.73. The number of nitro groups is 1. The smallest absolute Gasteiger partial charge is 0.323 e. The lowest BCUT2D eigenvalue weighted by molar-refractivity contribution is -0.384. The summed E-state index contributed by atoms with van der Waals surface area (Å²) in [5.41, 5.74) is -0.315. The fourth-order valence-electron chi connectivity index (χ4n) is 1.73. The molecule has 0 aliphatic rings. The lowest BCUT2D eigenvalue weighted by atomic mass is 10.1. The van der Waals surface area contributed by atoms with Crippen LogP contribution in [0, 0.1) is 15.9 Å². The van der Waals surface area contributed by atoms with Crippen LogP contribution in [0.15, 0.2) is 18.2 Å². The minimum absolute atomic E-state index is 0.114. The normalized spacial score (nSPS) is 11.9. The Kier molecular flexibility index (Phi) is 4.80. The van der Waals surface area contributed by atoms with E-state index < -0.39 is 22.4 Å². The van der Waals surface area contributed by atoms with Crippen LogP contribution in [0.1, 0.15) is 20.3 Å². The highest BCUT2D eigenvalue weighted by atomic mass is 19.1. The van der Waals surface area contributed by atoms with Crippen molar-refractivity contribution in [2.45, 2.75) is 26.3 Å². The molecular formula is C12H15FN2O4. The van der Waals surface area contributed by atoms with Gasteiger partial charge in [0, 0.05) is 6.04 Å². The monoisotopic (exact) mass is 270 g/mol. The molecule has 104 valence electrons. The third kappa shape index (κ3) is 3.64. The van der Waals surface area contributed by atoms with Crippen LogP contribution in [0.5, 0.6) is 0 Å². The van der Waals surface area contributed by atoms with Gasteiger partial charge in [0.05, 0.1) is 11.0 Å². The van der Waals surface area contributed by atoms with Gasteiger partial charge < -0.3 is 10.0 Å². The number of nitro benzene ring substituents is 1. The Labute approximate surface area is 109 Å². The Morgan fingerprint density at radius 2 is 2.21 bits per heavy atom. The number of carboxylic acids is 1. The van der Waals surface area contributed by atoms with Gasteiger partial charge in [0.15, 0.2) is 0 Å². The van der Waals surface area contributed by atoms with E-state index in [9.17, 15) is 19.3 Å². The minimum Gasteiger partial charge on any atom is -0.480 e. The van der Waals surface area contributed by atoms with Gasteiger partial charge in [-0.1, -0.05) is 6.92 Å². The number of benzene rings is 1. The second kappa shape index (κ2) is 6.12. The summed E-state index contributed by atoms with van der Waals surface area (Å²) < 4.78 is 13.1. The van der Waals surface area contributed by atoms with E-state index >= 15 is 0 Å². The maximum Gasteiger partial charge on any atom is 0.323 e. The molecule has 0 aliphatic carbocycles. The Bertz CT molecular complexity index is 493. The summed E-state index contributed by atoms with van der Waals surface area (Å²) in [5, 5.41) is 19.8. The number of anilines is 1. The molecule has 0 aromatic heterocycles. The van der Waals surface area contributed by atoms with Crippen LogP contribution < -0.4 is 4.90 Å². The van der Waals surface area contributed by atoms with Crippen LogP contribution in [0.4, 0.5) is 15.8 Å². The van der Waals surface area contributed by atoms with E-state index in [1.165, 1.54) is 11.0 Å². The molecule has 0 aliphatic heterocycles. The van der Waals surface area contributed by atoms with E-state index in [0.29, 0.717) is 6.42 Å². The second-order valence-electron chi connectivity index (χ2n) is 4.17. The van der Waals surface area contributed by atoms with Gasteiger partial charge in [0.25, 0.3) is 5.69 Å². The first-order valence-electron chi connectivity index (χ1n) is 5.79. The van der Waals surface area contributed by atoms with Crippen LogP contribution in [-0.4, -0.2) is 28.6 Å². The lowest BCUT2D eigenvalue weighted by Crippen LogP contribution is -2.37. The summed E-state index contributed by atoms with van der Waals surface area (Å²) in [6.45, 7) is 3.23. The van der Waals surface area contributed by atoms with Gasteiger partial charge in [-0.15, -0.1) is 0 Å². The summed E-state index contributed by atoms with van der Waals surface area (Å²) in [6, 6.07) is 2.91. The molecule has 1 unspecified atom stereocenters. The molecule has 19 heavy (non-hydrogen) atoms. The molecular weight excluding hydrogens is 255 g/mol. The maximum absolute atomic E-state index is 13.1. The largest absolute Gasteiger partial charge is 0.480 e. The van der Waals surface area contributed by atoms with Crippen molar-refractivity contribution in [3.8, 4) is 0 Å². The van der Waals surface area contributed by atoms with Gasteiger partial charge in [-0.25, -0.2) is 4.39 Å². The van der Waals surface area contributed by atoms with Crippen molar-refractivity contribution in [1.29, 1.82) is 0 Å². The number of carbonyl (C=O) groups is 1. The van der Waals surface area contributed by atoms with Crippen molar-refractivity contribution < 1.29 is 19.2 Å². The van der Waals surface area contributed by atoms with Crippen molar-refractivity contribution in [1.82, 2.24) is 0 Å². The topological polar surface area (TPSA) is 83.7 Å². The molecule has 1 atom stereocenters. The van der Waals surface area contributed by atoms with Crippen molar-refractivity contribution in [3.05, 3.63) is 34.1 Å². The second-order valence-corrected chi connectivity index (χ2v) is 4.17. The highest BCUT2D eigenvalue weighted by Crippen LogP contribution is 2.30. The summed E-state index contributed by atoms with van der Waals surface area (Å²) >= 11 is 0. The average molecular weight is 270 g/mol. The molecule has 1 aromatic carbocycles. The molecule has 1 N–H and O–H groups in total. The Hall–Kier alpha value is -2.18. The molecule has 0 amide bonds. The third-order valence-corrected chi connectivity index (χ3v) is 2.87. The summed E-state index contributed by atoms with van der Waals surface area (Å²) in [4.78, 5) is 22.5. The van der Waals surface area contributed by atoms with E-state index in [-0.39, 0.29) is 18.3 Å². The third-order valence-electron chi connectivity index (χ3n) is 2.87. The van der Waals surface area contributed by atoms with E-state index in [4.69, 9.17) is 5.11 Å². The number of nitrogens with zero attached hydrogens (tertiary/aromatic N) is 2. The van der Waals surface area contributed by atoms with Gasteiger partial charge in [0.1, 0.15) is 18.0 Å². The molecule has 0 saturated carbocycles. The molecule has 0 heterocycles.